The highest BCUT2D eigenvalue weighted by Crippen LogP contribution is 2.35. The van der Waals surface area contributed by atoms with Gasteiger partial charge in [0, 0.05) is 38.4 Å². The lowest BCUT2D eigenvalue weighted by Crippen LogP contribution is -2.51. The predicted molar refractivity (Wildman–Crippen MR) is 146 cm³/mol. The molecule has 2 unspecified atom stereocenters. The molecule has 0 N–H and O–H groups in total. The fraction of sp³-hybridized carbons (Fsp3) is 0.839. The fourth-order valence-corrected chi connectivity index (χ4v) is 5.88. The summed E-state index contributed by atoms with van der Waals surface area (Å²) in [5, 5.41) is 8.64. The smallest absolute Gasteiger partial charge is 0.366 e. The van der Waals surface area contributed by atoms with Crippen molar-refractivity contribution in [3.8, 4) is 6.07 Å². The van der Waals surface area contributed by atoms with E-state index in [-0.39, 0.29) is 5.92 Å². The van der Waals surface area contributed by atoms with Gasteiger partial charge in [0.15, 0.2) is 12.6 Å². The molecule has 2 heterocycles. The molecule has 0 aromatic carbocycles. The summed E-state index contributed by atoms with van der Waals surface area (Å²) in [5.41, 5.74) is 0. The molecule has 0 aromatic heterocycles. The fourth-order valence-electron chi connectivity index (χ4n) is 5.88. The van der Waals surface area contributed by atoms with E-state index in [1.54, 1.807) is 0 Å². The van der Waals surface area contributed by atoms with Crippen molar-refractivity contribution in [1.82, 2.24) is 0 Å². The molecule has 3 rings (SSSR count). The summed E-state index contributed by atoms with van der Waals surface area (Å²) >= 11 is 0. The molecule has 2 saturated heterocycles. The Kier molecular flexibility index (Phi) is 14.5. The van der Waals surface area contributed by atoms with E-state index in [1.807, 2.05) is 0 Å². The number of unbranched alkanes of at least 4 members (excludes halogenated alkanes) is 6. The van der Waals surface area contributed by atoms with Crippen LogP contribution in [0, 0.1) is 23.2 Å². The second kappa shape index (κ2) is 17.8. The van der Waals surface area contributed by atoms with E-state index in [0.29, 0.717) is 63.4 Å². The molecule has 8 nitrogen and oxygen atoms in total. The van der Waals surface area contributed by atoms with Gasteiger partial charge in [-0.05, 0) is 83.0 Å². The Morgan fingerprint density at radius 2 is 1.67 bits per heavy atom. The van der Waals surface area contributed by atoms with Gasteiger partial charge in [-0.2, -0.15) is 5.26 Å². The number of hydrogen-bond donors (Lipinski definition) is 0. The SMILES string of the molecule is COC(=O)C(CCCCC[C@H]1C(=O)CC[C@@H]1/C=C/CCCCCC#N)(OC1CCCCO1)OC1CCCCO1. The first-order valence-corrected chi connectivity index (χ1v) is 15.3. The van der Waals surface area contributed by atoms with Crippen LogP contribution in [0.1, 0.15) is 116 Å². The lowest BCUT2D eigenvalue weighted by atomic mass is 9.89. The monoisotopic (exact) mass is 547 g/mol. The van der Waals surface area contributed by atoms with Crippen LogP contribution < -0.4 is 0 Å². The zero-order valence-corrected chi connectivity index (χ0v) is 23.9. The van der Waals surface area contributed by atoms with Gasteiger partial charge in [0.1, 0.15) is 5.78 Å². The third-order valence-corrected chi connectivity index (χ3v) is 8.13. The first-order valence-electron chi connectivity index (χ1n) is 15.3. The van der Waals surface area contributed by atoms with Crippen LogP contribution in [0.25, 0.3) is 0 Å². The first-order chi connectivity index (χ1) is 19.1. The van der Waals surface area contributed by atoms with Gasteiger partial charge in [0.2, 0.25) is 0 Å². The number of methoxy groups -OCH3 is 1. The maximum Gasteiger partial charge on any atom is 0.366 e. The average molecular weight is 548 g/mol. The lowest BCUT2D eigenvalue weighted by Gasteiger charge is -2.38. The van der Waals surface area contributed by atoms with Crippen LogP contribution in [-0.2, 0) is 33.3 Å². The van der Waals surface area contributed by atoms with Gasteiger partial charge >= 0.3 is 5.97 Å². The zero-order chi connectivity index (χ0) is 27.8. The highest BCUT2D eigenvalue weighted by Gasteiger charge is 2.47. The van der Waals surface area contributed by atoms with Crippen LogP contribution in [0.2, 0.25) is 0 Å². The van der Waals surface area contributed by atoms with Crippen LogP contribution in [0.5, 0.6) is 0 Å². The van der Waals surface area contributed by atoms with Crippen molar-refractivity contribution in [1.29, 1.82) is 5.26 Å². The van der Waals surface area contributed by atoms with E-state index in [1.165, 1.54) is 7.11 Å². The number of ketones is 1. The lowest BCUT2D eigenvalue weighted by molar-refractivity contribution is -0.353. The molecule has 0 bridgehead atoms. The number of carbonyl (C=O) groups excluding carboxylic acids is 2. The Hall–Kier alpha value is -1.79. The molecule has 1 aliphatic carbocycles. The summed E-state index contributed by atoms with van der Waals surface area (Å²) < 4.78 is 29.3. The maximum atomic E-state index is 13.1. The number of esters is 1. The summed E-state index contributed by atoms with van der Waals surface area (Å²) in [6, 6.07) is 2.19. The molecular weight excluding hydrogens is 498 g/mol. The van der Waals surface area contributed by atoms with Crippen LogP contribution in [0.4, 0.5) is 0 Å². The summed E-state index contributed by atoms with van der Waals surface area (Å²) in [6.07, 6.45) is 18.9. The van der Waals surface area contributed by atoms with Crippen molar-refractivity contribution < 1.29 is 33.3 Å². The molecule has 0 radical (unpaired) electrons. The number of nitriles is 1. The third-order valence-electron chi connectivity index (χ3n) is 8.13. The van der Waals surface area contributed by atoms with Crippen molar-refractivity contribution in [2.24, 2.45) is 11.8 Å². The standard InChI is InChI=1S/C31H49NO7/c1-35-30(34)31(38-28-17-9-13-23-36-28,39-29-18-10-14-24-37-29)21-11-6-8-16-26-25(19-20-27(26)33)15-7-4-2-3-5-12-22-32/h7,15,25-26,28-29H,2-6,8-14,16-21,23-24H2,1H3/b15-7+/t25-,26+,28?,29?,31?/m0/s1. The highest BCUT2D eigenvalue weighted by molar-refractivity contribution is 5.83. The number of Topliss-reactive ketones (excluding diaryl/α,β-unsaturated/α-hetero) is 1. The molecule has 39 heavy (non-hydrogen) atoms. The molecule has 0 aromatic rings. The molecule has 220 valence electrons. The molecule has 0 amide bonds. The van der Waals surface area contributed by atoms with E-state index in [0.717, 1.165) is 77.0 Å². The number of hydrogen-bond acceptors (Lipinski definition) is 8. The Morgan fingerprint density at radius 1 is 0.974 bits per heavy atom. The largest absolute Gasteiger partial charge is 0.465 e. The normalized spacial score (nSPS) is 27.3. The van der Waals surface area contributed by atoms with Crippen molar-refractivity contribution in [2.75, 3.05) is 20.3 Å². The van der Waals surface area contributed by atoms with Gasteiger partial charge in [-0.15, -0.1) is 0 Å². The molecule has 4 atom stereocenters. The minimum atomic E-state index is -1.56. The zero-order valence-electron chi connectivity index (χ0n) is 23.9. The van der Waals surface area contributed by atoms with E-state index in [9.17, 15) is 9.59 Å². The second-order valence-corrected chi connectivity index (χ2v) is 11.1. The maximum absolute atomic E-state index is 13.1. The number of allylic oxidation sites excluding steroid dienone is 2. The highest BCUT2D eigenvalue weighted by atomic mass is 16.8. The Labute approximate surface area is 234 Å². The van der Waals surface area contributed by atoms with E-state index >= 15 is 0 Å². The molecule has 3 aliphatic rings. The van der Waals surface area contributed by atoms with Gasteiger partial charge < -0.3 is 23.7 Å². The Balaban J connectivity index is 1.50. The Morgan fingerprint density at radius 3 is 2.28 bits per heavy atom. The topological polar surface area (TPSA) is 104 Å². The second-order valence-electron chi connectivity index (χ2n) is 11.1. The van der Waals surface area contributed by atoms with Crippen molar-refractivity contribution >= 4 is 11.8 Å². The number of nitrogens with zero attached hydrogens (tertiary/aromatic N) is 1. The number of carbonyl (C=O) groups is 2. The molecule has 0 spiro atoms. The number of rotatable bonds is 17. The first kappa shape index (κ1) is 31.7. The molecule has 1 saturated carbocycles. The van der Waals surface area contributed by atoms with Crippen LogP contribution in [-0.4, -0.2) is 50.4 Å². The van der Waals surface area contributed by atoms with E-state index in [2.05, 4.69) is 18.2 Å². The molecule has 3 fully saturated rings. The van der Waals surface area contributed by atoms with Gasteiger partial charge in [0.05, 0.1) is 13.2 Å². The van der Waals surface area contributed by atoms with E-state index in [4.69, 9.17) is 28.9 Å². The van der Waals surface area contributed by atoms with Gasteiger partial charge in [-0.25, -0.2) is 4.79 Å². The van der Waals surface area contributed by atoms with Crippen LogP contribution in [0.3, 0.4) is 0 Å². The summed E-state index contributed by atoms with van der Waals surface area (Å²) in [4.78, 5) is 25.7. The van der Waals surface area contributed by atoms with Crippen LogP contribution >= 0.6 is 0 Å². The quantitative estimate of drug-likeness (QED) is 0.0877. The third kappa shape index (κ3) is 10.6. The van der Waals surface area contributed by atoms with Crippen molar-refractivity contribution in [3.63, 3.8) is 0 Å². The molecule has 2 aliphatic heterocycles. The summed E-state index contributed by atoms with van der Waals surface area (Å²) in [5.74, 6) is -1.32. The molecule has 8 heteroatoms. The van der Waals surface area contributed by atoms with Gasteiger partial charge in [-0.1, -0.05) is 31.4 Å². The average Bonchev–Trinajstić information content (AvgIpc) is 3.31. The summed E-state index contributed by atoms with van der Waals surface area (Å²) in [6.45, 7) is 1.21. The van der Waals surface area contributed by atoms with Crippen molar-refractivity contribution in [2.45, 2.75) is 134 Å². The number of ether oxygens (including phenoxy) is 5. The summed E-state index contributed by atoms with van der Waals surface area (Å²) in [7, 11) is 1.36. The van der Waals surface area contributed by atoms with Gasteiger partial charge in [-0.3, -0.25) is 4.79 Å². The minimum Gasteiger partial charge on any atom is -0.465 e. The minimum absolute atomic E-state index is 0.0870. The van der Waals surface area contributed by atoms with Crippen LogP contribution in [0.15, 0.2) is 12.2 Å². The molecular formula is C31H49NO7. The Bertz CT molecular complexity index is 775. The van der Waals surface area contributed by atoms with Gasteiger partial charge in [0.25, 0.3) is 5.79 Å². The van der Waals surface area contributed by atoms with Crippen molar-refractivity contribution in [3.05, 3.63) is 12.2 Å². The van der Waals surface area contributed by atoms with E-state index < -0.39 is 24.3 Å². The predicted octanol–water partition coefficient (Wildman–Crippen LogP) is 6.52.